The Labute approximate surface area is 192 Å². The molecule has 0 bridgehead atoms. The highest BCUT2D eigenvalue weighted by atomic mass is 32.2. The zero-order valence-electron chi connectivity index (χ0n) is 17.8. The summed E-state index contributed by atoms with van der Waals surface area (Å²) in [7, 11) is 0. The summed E-state index contributed by atoms with van der Waals surface area (Å²) in [5.74, 6) is 1.38. The summed E-state index contributed by atoms with van der Waals surface area (Å²) in [6.07, 6.45) is 3.97. The van der Waals surface area contributed by atoms with Crippen molar-refractivity contribution in [1.29, 1.82) is 5.41 Å². The second-order valence-corrected chi connectivity index (χ2v) is 9.20. The van der Waals surface area contributed by atoms with Gasteiger partial charge >= 0.3 is 0 Å². The summed E-state index contributed by atoms with van der Waals surface area (Å²) in [6.45, 7) is 1.17. The van der Waals surface area contributed by atoms with Gasteiger partial charge in [-0.25, -0.2) is 0 Å². The Balaban J connectivity index is 1.28. The van der Waals surface area contributed by atoms with Crippen LogP contribution in [-0.2, 0) is 16.0 Å². The fourth-order valence-corrected chi connectivity index (χ4v) is 5.00. The Morgan fingerprint density at radius 1 is 1.12 bits per heavy atom. The number of thioether (sulfide) groups is 1. The van der Waals surface area contributed by atoms with Crippen LogP contribution in [0.2, 0.25) is 0 Å². The van der Waals surface area contributed by atoms with Gasteiger partial charge in [-0.2, -0.15) is 0 Å². The molecular formula is C25H27N3O3S. The van der Waals surface area contributed by atoms with E-state index in [9.17, 15) is 9.59 Å². The van der Waals surface area contributed by atoms with E-state index in [1.165, 1.54) is 6.21 Å². The third-order valence-electron chi connectivity index (χ3n) is 5.70. The van der Waals surface area contributed by atoms with Gasteiger partial charge < -0.3 is 20.4 Å². The summed E-state index contributed by atoms with van der Waals surface area (Å²) in [6, 6.07) is 16.7. The van der Waals surface area contributed by atoms with Crippen LogP contribution in [0.4, 0.5) is 0 Å². The molecule has 2 aliphatic rings. The SMILES string of the molecule is N=CC1=CSC(CNC(=O)C2CCCN2C(=O)Cc2ccc(Oc3ccccc3)cc2)C1. The van der Waals surface area contributed by atoms with Gasteiger partial charge in [-0.05, 0) is 60.1 Å². The number of para-hydroxylation sites is 1. The molecule has 0 spiro atoms. The molecule has 1 fully saturated rings. The van der Waals surface area contributed by atoms with E-state index in [2.05, 4.69) is 5.32 Å². The largest absolute Gasteiger partial charge is 0.457 e. The van der Waals surface area contributed by atoms with Gasteiger partial charge in [0.05, 0.1) is 6.42 Å². The van der Waals surface area contributed by atoms with Gasteiger partial charge in [0.25, 0.3) is 0 Å². The van der Waals surface area contributed by atoms with E-state index in [4.69, 9.17) is 10.1 Å². The minimum Gasteiger partial charge on any atom is -0.457 e. The Hall–Kier alpha value is -3.06. The number of allylic oxidation sites excluding steroid dienone is 1. The molecular weight excluding hydrogens is 422 g/mol. The molecule has 1 saturated heterocycles. The van der Waals surface area contributed by atoms with Crippen LogP contribution < -0.4 is 10.1 Å². The molecule has 6 nitrogen and oxygen atoms in total. The Bertz CT molecular complexity index is 991. The first-order valence-electron chi connectivity index (χ1n) is 10.9. The van der Waals surface area contributed by atoms with Crippen LogP contribution in [0.5, 0.6) is 11.5 Å². The third-order valence-corrected chi connectivity index (χ3v) is 6.86. The Morgan fingerprint density at radius 2 is 1.88 bits per heavy atom. The lowest BCUT2D eigenvalue weighted by Crippen LogP contribution is -2.47. The van der Waals surface area contributed by atoms with Gasteiger partial charge in [0.1, 0.15) is 17.5 Å². The molecule has 2 unspecified atom stereocenters. The number of carbonyl (C=O) groups excluding carboxylic acids is 2. The van der Waals surface area contributed by atoms with Crippen LogP contribution in [0.25, 0.3) is 0 Å². The van der Waals surface area contributed by atoms with E-state index >= 15 is 0 Å². The predicted octanol–water partition coefficient (Wildman–Crippen LogP) is 4.17. The average molecular weight is 450 g/mol. The smallest absolute Gasteiger partial charge is 0.242 e. The minimum atomic E-state index is -0.398. The molecule has 2 heterocycles. The van der Waals surface area contributed by atoms with Crippen molar-refractivity contribution in [1.82, 2.24) is 10.2 Å². The summed E-state index contributed by atoms with van der Waals surface area (Å²) in [4.78, 5) is 27.4. The molecule has 0 aliphatic carbocycles. The van der Waals surface area contributed by atoms with Crippen molar-refractivity contribution in [2.24, 2.45) is 0 Å². The van der Waals surface area contributed by atoms with Crippen LogP contribution >= 0.6 is 11.8 Å². The van der Waals surface area contributed by atoms with Crippen molar-refractivity contribution in [2.45, 2.75) is 37.0 Å². The number of nitrogens with one attached hydrogen (secondary N) is 2. The van der Waals surface area contributed by atoms with Crippen molar-refractivity contribution in [3.05, 3.63) is 71.1 Å². The van der Waals surface area contributed by atoms with Crippen molar-refractivity contribution in [3.8, 4) is 11.5 Å². The number of likely N-dealkylation sites (tertiary alicyclic amines) is 1. The monoisotopic (exact) mass is 449 g/mol. The van der Waals surface area contributed by atoms with E-state index < -0.39 is 6.04 Å². The highest BCUT2D eigenvalue weighted by Gasteiger charge is 2.34. The number of amides is 2. The van der Waals surface area contributed by atoms with Gasteiger partial charge in [-0.1, -0.05) is 30.3 Å². The Kier molecular flexibility index (Phi) is 7.27. The van der Waals surface area contributed by atoms with Crippen LogP contribution in [0, 0.1) is 5.41 Å². The standard InChI is InChI=1S/C25H27N3O3S/c26-15-19-13-22(32-17-19)16-27-25(30)23-7-4-12-28(23)24(29)14-18-8-10-21(11-9-18)31-20-5-2-1-3-6-20/h1-3,5-6,8-11,15,17,22-23,26H,4,7,12-14,16H2,(H,27,30). The van der Waals surface area contributed by atoms with E-state index in [-0.39, 0.29) is 23.5 Å². The number of nitrogens with zero attached hydrogens (tertiary/aromatic N) is 1. The average Bonchev–Trinajstić information content (AvgIpc) is 3.49. The van der Waals surface area contributed by atoms with Gasteiger partial charge in [0, 0.05) is 24.6 Å². The lowest BCUT2D eigenvalue weighted by Gasteiger charge is -2.24. The molecule has 2 aliphatic heterocycles. The van der Waals surface area contributed by atoms with Crippen molar-refractivity contribution < 1.29 is 14.3 Å². The second kappa shape index (κ2) is 10.5. The summed E-state index contributed by atoms with van der Waals surface area (Å²) >= 11 is 1.65. The molecule has 2 amide bonds. The van der Waals surface area contributed by atoms with Crippen LogP contribution in [0.1, 0.15) is 24.8 Å². The van der Waals surface area contributed by atoms with Crippen molar-refractivity contribution in [2.75, 3.05) is 13.1 Å². The number of rotatable bonds is 8. The lowest BCUT2D eigenvalue weighted by molar-refractivity contribution is -0.137. The fourth-order valence-electron chi connectivity index (χ4n) is 4.00. The van der Waals surface area contributed by atoms with Crippen LogP contribution in [-0.4, -0.2) is 47.3 Å². The maximum atomic E-state index is 12.9. The maximum absolute atomic E-state index is 12.9. The first-order valence-corrected chi connectivity index (χ1v) is 11.8. The zero-order chi connectivity index (χ0) is 22.3. The first-order chi connectivity index (χ1) is 15.6. The maximum Gasteiger partial charge on any atom is 0.242 e. The number of hydrogen-bond donors (Lipinski definition) is 2. The molecule has 2 aromatic rings. The predicted molar refractivity (Wildman–Crippen MR) is 127 cm³/mol. The molecule has 0 saturated carbocycles. The van der Waals surface area contributed by atoms with Gasteiger partial charge in [-0.3, -0.25) is 9.59 Å². The zero-order valence-corrected chi connectivity index (χ0v) is 18.6. The fraction of sp³-hybridized carbons (Fsp3) is 0.320. The van der Waals surface area contributed by atoms with Gasteiger partial charge in [-0.15, -0.1) is 11.8 Å². The van der Waals surface area contributed by atoms with E-state index in [0.29, 0.717) is 19.5 Å². The van der Waals surface area contributed by atoms with E-state index in [1.54, 1.807) is 16.7 Å². The molecule has 32 heavy (non-hydrogen) atoms. The molecule has 2 atom stereocenters. The quantitative estimate of drug-likeness (QED) is 0.593. The van der Waals surface area contributed by atoms with E-state index in [1.807, 2.05) is 60.0 Å². The molecule has 2 aromatic carbocycles. The number of hydrogen-bond acceptors (Lipinski definition) is 5. The lowest BCUT2D eigenvalue weighted by atomic mass is 10.1. The molecule has 4 rings (SSSR count). The summed E-state index contributed by atoms with van der Waals surface area (Å²) < 4.78 is 5.80. The third kappa shape index (κ3) is 5.59. The van der Waals surface area contributed by atoms with Gasteiger partial charge in [0.2, 0.25) is 11.8 Å². The number of benzene rings is 2. The van der Waals surface area contributed by atoms with Crippen LogP contribution in [0.15, 0.2) is 65.6 Å². The van der Waals surface area contributed by atoms with E-state index in [0.717, 1.165) is 35.5 Å². The first kappa shape index (κ1) is 22.1. The Morgan fingerprint density at radius 3 is 2.59 bits per heavy atom. The molecule has 2 N–H and O–H groups in total. The summed E-state index contributed by atoms with van der Waals surface area (Å²) in [5, 5.41) is 12.6. The highest BCUT2D eigenvalue weighted by Crippen LogP contribution is 2.28. The number of carbonyl (C=O) groups is 2. The topological polar surface area (TPSA) is 82.5 Å². The summed E-state index contributed by atoms with van der Waals surface area (Å²) in [5.41, 5.74) is 1.89. The molecule has 7 heteroatoms. The molecule has 0 aromatic heterocycles. The molecule has 0 radical (unpaired) electrons. The minimum absolute atomic E-state index is 0.0256. The second-order valence-electron chi connectivity index (χ2n) is 8.03. The molecule has 166 valence electrons. The van der Waals surface area contributed by atoms with Crippen molar-refractivity contribution in [3.63, 3.8) is 0 Å². The van der Waals surface area contributed by atoms with Crippen molar-refractivity contribution >= 4 is 29.8 Å². The normalized spacial score (nSPS) is 20.0. The van der Waals surface area contributed by atoms with Gasteiger partial charge in [0.15, 0.2) is 0 Å². The van der Waals surface area contributed by atoms with Crippen LogP contribution in [0.3, 0.4) is 0 Å². The number of ether oxygens (including phenoxy) is 1. The highest BCUT2D eigenvalue weighted by molar-refractivity contribution is 8.03.